The van der Waals surface area contributed by atoms with Crippen LogP contribution in [0, 0.1) is 5.41 Å². The van der Waals surface area contributed by atoms with E-state index in [4.69, 9.17) is 5.73 Å². The summed E-state index contributed by atoms with van der Waals surface area (Å²) in [6, 6.07) is 5.83. The summed E-state index contributed by atoms with van der Waals surface area (Å²) in [5.41, 5.74) is 8.89. The second kappa shape index (κ2) is 5.86. The standard InChI is InChI=1S/C17H26N2O/c1-4-17(5-2)8-10-19(11-9-17)14-6-7-15(13(3)20)16(18)12-14/h6-7,12H,4-5,8-11,18H2,1-3H3. The van der Waals surface area contributed by atoms with Gasteiger partial charge in [0.2, 0.25) is 0 Å². The number of nitrogens with zero attached hydrogens (tertiary/aromatic N) is 1. The summed E-state index contributed by atoms with van der Waals surface area (Å²) >= 11 is 0. The third-order valence-corrected chi connectivity index (χ3v) is 5.10. The third kappa shape index (κ3) is 2.82. The van der Waals surface area contributed by atoms with Crippen LogP contribution in [0.2, 0.25) is 0 Å². The molecule has 0 atom stereocenters. The first-order chi connectivity index (χ1) is 9.51. The highest BCUT2D eigenvalue weighted by Gasteiger charge is 2.31. The van der Waals surface area contributed by atoms with Gasteiger partial charge in [0.25, 0.3) is 0 Å². The van der Waals surface area contributed by atoms with Gasteiger partial charge in [-0.3, -0.25) is 4.79 Å². The van der Waals surface area contributed by atoms with Crippen LogP contribution in [0.3, 0.4) is 0 Å². The van der Waals surface area contributed by atoms with E-state index in [-0.39, 0.29) is 5.78 Å². The molecule has 1 aromatic carbocycles. The zero-order chi connectivity index (χ0) is 14.8. The maximum atomic E-state index is 11.4. The first-order valence-corrected chi connectivity index (χ1v) is 7.67. The topological polar surface area (TPSA) is 46.3 Å². The normalized spacial score (nSPS) is 18.1. The molecule has 1 aliphatic heterocycles. The summed E-state index contributed by atoms with van der Waals surface area (Å²) in [6.07, 6.45) is 5.02. The molecule has 1 aliphatic rings. The zero-order valence-electron chi connectivity index (χ0n) is 12.9. The molecule has 1 fully saturated rings. The predicted octanol–water partition coefficient (Wildman–Crippen LogP) is 3.88. The van der Waals surface area contributed by atoms with Gasteiger partial charge in [0.15, 0.2) is 5.78 Å². The SMILES string of the molecule is CCC1(CC)CCN(c2ccc(C(C)=O)c(N)c2)CC1. The molecular formula is C17H26N2O. The van der Waals surface area contributed by atoms with E-state index in [0.29, 0.717) is 16.7 Å². The quantitative estimate of drug-likeness (QED) is 0.669. The molecule has 0 spiro atoms. The molecule has 0 amide bonds. The number of anilines is 2. The Labute approximate surface area is 122 Å². The van der Waals surface area contributed by atoms with Crippen molar-refractivity contribution in [3.63, 3.8) is 0 Å². The van der Waals surface area contributed by atoms with E-state index >= 15 is 0 Å². The van der Waals surface area contributed by atoms with E-state index in [9.17, 15) is 4.79 Å². The van der Waals surface area contributed by atoms with Crippen molar-refractivity contribution in [3.8, 4) is 0 Å². The van der Waals surface area contributed by atoms with E-state index in [0.717, 1.165) is 18.8 Å². The molecule has 20 heavy (non-hydrogen) atoms. The van der Waals surface area contributed by atoms with Gasteiger partial charge in [-0.2, -0.15) is 0 Å². The minimum atomic E-state index is 0.0312. The van der Waals surface area contributed by atoms with E-state index in [1.54, 1.807) is 6.92 Å². The van der Waals surface area contributed by atoms with E-state index < -0.39 is 0 Å². The molecule has 0 bridgehead atoms. The number of nitrogens with two attached hydrogens (primary N) is 1. The summed E-state index contributed by atoms with van der Waals surface area (Å²) in [5.74, 6) is 0.0312. The minimum Gasteiger partial charge on any atom is -0.398 e. The molecule has 1 heterocycles. The average Bonchev–Trinajstić information content (AvgIpc) is 2.47. The van der Waals surface area contributed by atoms with Crippen LogP contribution >= 0.6 is 0 Å². The van der Waals surface area contributed by atoms with Gasteiger partial charge in [-0.1, -0.05) is 26.7 Å². The van der Waals surface area contributed by atoms with Crippen molar-refractivity contribution < 1.29 is 4.79 Å². The highest BCUT2D eigenvalue weighted by atomic mass is 16.1. The number of benzene rings is 1. The summed E-state index contributed by atoms with van der Waals surface area (Å²) < 4.78 is 0. The molecule has 0 unspecified atom stereocenters. The molecule has 0 radical (unpaired) electrons. The fourth-order valence-corrected chi connectivity index (χ4v) is 3.26. The van der Waals surface area contributed by atoms with Crippen molar-refractivity contribution in [2.24, 2.45) is 5.41 Å². The molecular weight excluding hydrogens is 248 g/mol. The van der Waals surface area contributed by atoms with Crippen molar-refractivity contribution in [1.29, 1.82) is 0 Å². The highest BCUT2D eigenvalue weighted by Crippen LogP contribution is 2.39. The van der Waals surface area contributed by atoms with Gasteiger partial charge in [0, 0.05) is 30.0 Å². The minimum absolute atomic E-state index is 0.0312. The zero-order valence-corrected chi connectivity index (χ0v) is 12.9. The summed E-state index contributed by atoms with van der Waals surface area (Å²) in [5, 5.41) is 0. The Morgan fingerprint density at radius 3 is 2.30 bits per heavy atom. The fraction of sp³-hybridized carbons (Fsp3) is 0.588. The van der Waals surface area contributed by atoms with Crippen LogP contribution in [-0.4, -0.2) is 18.9 Å². The first kappa shape index (κ1) is 14.9. The number of carbonyl (C=O) groups is 1. The van der Waals surface area contributed by atoms with Gasteiger partial charge in [-0.25, -0.2) is 0 Å². The van der Waals surface area contributed by atoms with Gasteiger partial charge >= 0.3 is 0 Å². The monoisotopic (exact) mass is 274 g/mol. The van der Waals surface area contributed by atoms with Gasteiger partial charge in [-0.15, -0.1) is 0 Å². The lowest BCUT2D eigenvalue weighted by molar-refractivity contribution is 0.101. The summed E-state index contributed by atoms with van der Waals surface area (Å²) in [4.78, 5) is 13.8. The number of hydrogen-bond donors (Lipinski definition) is 1. The highest BCUT2D eigenvalue weighted by molar-refractivity contribution is 5.99. The number of Topliss-reactive ketones (excluding diaryl/α,β-unsaturated/α-hetero) is 1. The van der Waals surface area contributed by atoms with Gasteiger partial charge in [0.1, 0.15) is 0 Å². The molecule has 0 aromatic heterocycles. The van der Waals surface area contributed by atoms with Crippen molar-refractivity contribution in [1.82, 2.24) is 0 Å². The Bertz CT molecular complexity index is 482. The van der Waals surface area contributed by atoms with Gasteiger partial charge < -0.3 is 10.6 Å². The molecule has 3 heteroatoms. The number of piperidine rings is 1. The molecule has 0 aliphatic carbocycles. The molecule has 3 nitrogen and oxygen atoms in total. The van der Waals surface area contributed by atoms with Crippen LogP contribution in [0.1, 0.15) is 56.8 Å². The molecule has 1 saturated heterocycles. The lowest BCUT2D eigenvalue weighted by atomic mass is 9.74. The number of carbonyl (C=O) groups excluding carboxylic acids is 1. The Morgan fingerprint density at radius 1 is 1.25 bits per heavy atom. The fourth-order valence-electron chi connectivity index (χ4n) is 3.26. The van der Waals surface area contributed by atoms with Crippen molar-refractivity contribution >= 4 is 17.2 Å². The van der Waals surface area contributed by atoms with Crippen LogP contribution < -0.4 is 10.6 Å². The number of rotatable bonds is 4. The van der Waals surface area contributed by atoms with Gasteiger partial charge in [0.05, 0.1) is 0 Å². The van der Waals surface area contributed by atoms with Crippen LogP contribution in [-0.2, 0) is 0 Å². The molecule has 2 rings (SSSR count). The Kier molecular flexibility index (Phi) is 4.36. The maximum Gasteiger partial charge on any atom is 0.161 e. The lowest BCUT2D eigenvalue weighted by Crippen LogP contribution is -2.39. The van der Waals surface area contributed by atoms with E-state index in [1.165, 1.54) is 25.7 Å². The average molecular weight is 274 g/mol. The first-order valence-electron chi connectivity index (χ1n) is 7.67. The largest absolute Gasteiger partial charge is 0.398 e. The molecule has 110 valence electrons. The predicted molar refractivity (Wildman–Crippen MR) is 85.3 cm³/mol. The Morgan fingerprint density at radius 2 is 1.85 bits per heavy atom. The number of ketones is 1. The second-order valence-electron chi connectivity index (χ2n) is 6.02. The smallest absolute Gasteiger partial charge is 0.161 e. The van der Waals surface area contributed by atoms with E-state index in [2.05, 4.69) is 18.7 Å². The van der Waals surface area contributed by atoms with E-state index in [1.807, 2.05) is 18.2 Å². The van der Waals surface area contributed by atoms with Crippen molar-refractivity contribution in [3.05, 3.63) is 23.8 Å². The number of hydrogen-bond acceptors (Lipinski definition) is 3. The van der Waals surface area contributed by atoms with Crippen LogP contribution in [0.15, 0.2) is 18.2 Å². The second-order valence-corrected chi connectivity index (χ2v) is 6.02. The Balaban J connectivity index is 2.11. The maximum absolute atomic E-state index is 11.4. The van der Waals surface area contributed by atoms with Crippen molar-refractivity contribution in [2.75, 3.05) is 23.7 Å². The molecule has 1 aromatic rings. The van der Waals surface area contributed by atoms with Crippen LogP contribution in [0.4, 0.5) is 11.4 Å². The summed E-state index contributed by atoms with van der Waals surface area (Å²) in [6.45, 7) is 8.34. The Hall–Kier alpha value is -1.51. The van der Waals surface area contributed by atoms with Crippen LogP contribution in [0.25, 0.3) is 0 Å². The molecule has 2 N–H and O–H groups in total. The van der Waals surface area contributed by atoms with Crippen molar-refractivity contribution in [2.45, 2.75) is 46.5 Å². The number of nitrogen functional groups attached to an aromatic ring is 1. The van der Waals surface area contributed by atoms with Crippen LogP contribution in [0.5, 0.6) is 0 Å². The lowest BCUT2D eigenvalue weighted by Gasteiger charge is -2.42. The summed E-state index contributed by atoms with van der Waals surface area (Å²) in [7, 11) is 0. The third-order valence-electron chi connectivity index (χ3n) is 5.10. The van der Waals surface area contributed by atoms with Gasteiger partial charge in [-0.05, 0) is 43.4 Å². The molecule has 0 saturated carbocycles.